The van der Waals surface area contributed by atoms with Crippen LogP contribution >= 0.6 is 0 Å². The van der Waals surface area contributed by atoms with Gasteiger partial charge in [0.2, 0.25) is 11.8 Å². The maximum Gasteiger partial charge on any atom is 0.303 e. The van der Waals surface area contributed by atoms with Gasteiger partial charge in [0, 0.05) is 12.8 Å². The van der Waals surface area contributed by atoms with Gasteiger partial charge in [-0.1, -0.05) is 0 Å². The van der Waals surface area contributed by atoms with E-state index in [-0.39, 0.29) is 12.5 Å². The quantitative estimate of drug-likeness (QED) is 0.806. The van der Waals surface area contributed by atoms with Crippen molar-refractivity contribution in [2.75, 3.05) is 19.8 Å². The van der Waals surface area contributed by atoms with Gasteiger partial charge in [0.1, 0.15) is 0 Å². The summed E-state index contributed by atoms with van der Waals surface area (Å²) in [6.45, 7) is 1.51. The Bertz CT molecular complexity index is 373. The van der Waals surface area contributed by atoms with Crippen LogP contribution < -0.4 is 0 Å². The van der Waals surface area contributed by atoms with Crippen molar-refractivity contribution in [1.82, 2.24) is 10.2 Å². The molecule has 0 aliphatic carbocycles. The minimum atomic E-state index is -0.825. The number of ether oxygens (including phenoxy) is 2. The molecule has 1 aromatic rings. The van der Waals surface area contributed by atoms with Gasteiger partial charge in [0.05, 0.1) is 19.8 Å². The van der Waals surface area contributed by atoms with Crippen molar-refractivity contribution in [2.24, 2.45) is 0 Å². The van der Waals surface area contributed by atoms with Crippen LogP contribution in [0.25, 0.3) is 0 Å². The summed E-state index contributed by atoms with van der Waals surface area (Å²) in [5.74, 6) is 0.0131. The number of aromatic nitrogens is 2. The van der Waals surface area contributed by atoms with E-state index in [0.717, 1.165) is 0 Å². The normalized spacial score (nSPS) is 20.4. The highest BCUT2D eigenvalue weighted by Crippen LogP contribution is 2.19. The van der Waals surface area contributed by atoms with Crippen LogP contribution in [0.3, 0.4) is 0 Å². The first-order chi connectivity index (χ1) is 8.25. The van der Waals surface area contributed by atoms with Crippen LogP contribution in [0.4, 0.5) is 0 Å². The van der Waals surface area contributed by atoms with Crippen molar-refractivity contribution >= 4 is 5.97 Å². The minimum absolute atomic E-state index is 0.0980. The molecule has 94 valence electrons. The molecule has 0 radical (unpaired) electrons. The zero-order valence-corrected chi connectivity index (χ0v) is 9.29. The average Bonchev–Trinajstić information content (AvgIpc) is 2.78. The predicted molar refractivity (Wildman–Crippen MR) is 54.4 cm³/mol. The monoisotopic (exact) mass is 242 g/mol. The average molecular weight is 242 g/mol. The third kappa shape index (κ3) is 3.50. The van der Waals surface area contributed by atoms with Gasteiger partial charge in [-0.15, -0.1) is 10.2 Å². The highest BCUT2D eigenvalue weighted by molar-refractivity contribution is 5.66. The molecule has 0 spiro atoms. The summed E-state index contributed by atoms with van der Waals surface area (Å²) in [7, 11) is 0. The topological polar surface area (TPSA) is 94.7 Å². The lowest BCUT2D eigenvalue weighted by atomic mass is 10.2. The van der Waals surface area contributed by atoms with E-state index in [0.29, 0.717) is 44.4 Å². The summed E-state index contributed by atoms with van der Waals surface area (Å²) in [6, 6.07) is 0. The molecule has 1 aromatic heterocycles. The Labute approximate surface area is 97.7 Å². The number of hydrogen-bond donors (Lipinski definition) is 1. The van der Waals surface area contributed by atoms with Gasteiger partial charge in [-0.05, 0) is 6.42 Å². The number of rotatable bonds is 5. The molecular weight excluding hydrogens is 228 g/mol. The summed E-state index contributed by atoms with van der Waals surface area (Å²) >= 11 is 0. The molecule has 7 heteroatoms. The fourth-order valence-electron chi connectivity index (χ4n) is 1.52. The van der Waals surface area contributed by atoms with Crippen LogP contribution in [-0.2, 0) is 20.7 Å². The second-order valence-electron chi connectivity index (χ2n) is 3.72. The molecule has 1 fully saturated rings. The number of hydrogen-bond acceptors (Lipinski definition) is 6. The van der Waals surface area contributed by atoms with E-state index >= 15 is 0 Å². The summed E-state index contributed by atoms with van der Waals surface area (Å²) in [5, 5.41) is 16.2. The van der Waals surface area contributed by atoms with Crippen LogP contribution in [0, 0.1) is 0 Å². The first-order valence-corrected chi connectivity index (χ1v) is 5.49. The number of aryl methyl sites for hydroxylation is 1. The minimum Gasteiger partial charge on any atom is -0.481 e. The van der Waals surface area contributed by atoms with E-state index in [1.54, 1.807) is 0 Å². The van der Waals surface area contributed by atoms with Gasteiger partial charge >= 0.3 is 5.97 Å². The second-order valence-corrected chi connectivity index (χ2v) is 3.72. The number of nitrogens with zero attached hydrogens (tertiary/aromatic N) is 2. The lowest BCUT2D eigenvalue weighted by Gasteiger charge is -2.19. The summed E-state index contributed by atoms with van der Waals surface area (Å²) in [6.07, 6.45) is 0.747. The highest BCUT2D eigenvalue weighted by atomic mass is 16.6. The number of carboxylic acid groups (broad SMARTS) is 1. The molecule has 0 bridgehead atoms. The molecule has 0 saturated carbocycles. The lowest BCUT2D eigenvalue weighted by Crippen LogP contribution is -2.22. The standard InChI is InChI=1S/C10H14N2O5/c13-9(14)3-1-2-8-11-12-10(17-8)7-6-15-4-5-16-7/h7H,1-6H2,(H,13,14). The Morgan fingerprint density at radius 2 is 2.29 bits per heavy atom. The van der Waals surface area contributed by atoms with Crippen LogP contribution in [0.2, 0.25) is 0 Å². The maximum absolute atomic E-state index is 10.3. The van der Waals surface area contributed by atoms with Crippen molar-refractivity contribution in [3.8, 4) is 0 Å². The lowest BCUT2D eigenvalue weighted by molar-refractivity contribution is -0.137. The Balaban J connectivity index is 1.84. The summed E-state index contributed by atoms with van der Waals surface area (Å²) in [4.78, 5) is 10.3. The van der Waals surface area contributed by atoms with Gasteiger partial charge in [0.15, 0.2) is 6.10 Å². The Hall–Kier alpha value is -1.47. The zero-order valence-electron chi connectivity index (χ0n) is 9.29. The largest absolute Gasteiger partial charge is 0.481 e. The molecule has 1 N–H and O–H groups in total. The van der Waals surface area contributed by atoms with Crippen molar-refractivity contribution in [1.29, 1.82) is 0 Å². The molecule has 1 saturated heterocycles. The molecule has 1 aliphatic rings. The van der Waals surface area contributed by atoms with E-state index in [2.05, 4.69) is 10.2 Å². The summed E-state index contributed by atoms with van der Waals surface area (Å²) in [5.41, 5.74) is 0. The molecule has 17 heavy (non-hydrogen) atoms. The van der Waals surface area contributed by atoms with Crippen molar-refractivity contribution in [3.05, 3.63) is 11.8 Å². The van der Waals surface area contributed by atoms with Crippen LogP contribution in [0.15, 0.2) is 4.42 Å². The molecule has 2 rings (SSSR count). The van der Waals surface area contributed by atoms with E-state index in [4.69, 9.17) is 19.0 Å². The fourth-order valence-corrected chi connectivity index (χ4v) is 1.52. The van der Waals surface area contributed by atoms with Crippen LogP contribution in [-0.4, -0.2) is 41.1 Å². The molecule has 7 nitrogen and oxygen atoms in total. The van der Waals surface area contributed by atoms with E-state index in [9.17, 15) is 4.79 Å². The molecule has 2 heterocycles. The molecule has 1 unspecified atom stereocenters. The van der Waals surface area contributed by atoms with E-state index in [1.165, 1.54) is 0 Å². The highest BCUT2D eigenvalue weighted by Gasteiger charge is 2.22. The van der Waals surface area contributed by atoms with Gasteiger partial charge in [-0.3, -0.25) is 4.79 Å². The number of carboxylic acids is 1. The molecule has 1 aliphatic heterocycles. The van der Waals surface area contributed by atoms with Crippen LogP contribution in [0.1, 0.15) is 30.7 Å². The van der Waals surface area contributed by atoms with Gasteiger partial charge in [-0.25, -0.2) is 0 Å². The van der Waals surface area contributed by atoms with E-state index in [1.807, 2.05) is 0 Å². The van der Waals surface area contributed by atoms with Gasteiger partial charge < -0.3 is 19.0 Å². The van der Waals surface area contributed by atoms with Crippen molar-refractivity contribution < 1.29 is 23.8 Å². The number of carbonyl (C=O) groups is 1. The third-order valence-corrected chi connectivity index (χ3v) is 2.36. The maximum atomic E-state index is 10.3. The van der Waals surface area contributed by atoms with Gasteiger partial charge in [-0.2, -0.15) is 0 Å². The molecule has 1 atom stereocenters. The SMILES string of the molecule is O=C(O)CCCc1nnc(C2COCCO2)o1. The smallest absolute Gasteiger partial charge is 0.303 e. The Kier molecular flexibility index (Phi) is 4.05. The van der Waals surface area contributed by atoms with Crippen LogP contribution in [0.5, 0.6) is 0 Å². The first-order valence-electron chi connectivity index (χ1n) is 5.49. The molecule has 0 aromatic carbocycles. The Morgan fingerprint density at radius 1 is 1.41 bits per heavy atom. The van der Waals surface area contributed by atoms with Gasteiger partial charge in [0.25, 0.3) is 0 Å². The van der Waals surface area contributed by atoms with Crippen molar-refractivity contribution in [3.63, 3.8) is 0 Å². The first kappa shape index (κ1) is 12.0. The zero-order chi connectivity index (χ0) is 12.1. The number of aliphatic carboxylic acids is 1. The fraction of sp³-hybridized carbons (Fsp3) is 0.700. The predicted octanol–water partition coefficient (Wildman–Crippen LogP) is 0.565. The summed E-state index contributed by atoms with van der Waals surface area (Å²) < 4.78 is 16.0. The molecule has 0 amide bonds. The Morgan fingerprint density at radius 3 is 3.00 bits per heavy atom. The molecular formula is C10H14N2O5. The van der Waals surface area contributed by atoms with Crippen molar-refractivity contribution in [2.45, 2.75) is 25.4 Å². The second kappa shape index (κ2) is 5.74. The van der Waals surface area contributed by atoms with E-state index < -0.39 is 5.97 Å². The third-order valence-electron chi connectivity index (χ3n) is 2.36.